The van der Waals surface area contributed by atoms with Crippen molar-refractivity contribution in [3.63, 3.8) is 0 Å². The topological polar surface area (TPSA) is 62.7 Å². The van der Waals surface area contributed by atoms with Crippen molar-refractivity contribution >= 4 is 28.5 Å². The molecule has 1 aromatic carbocycles. The quantitative estimate of drug-likeness (QED) is 0.744. The molecule has 0 bridgehead atoms. The minimum absolute atomic E-state index is 0.313. The molecule has 0 unspecified atom stereocenters. The summed E-state index contributed by atoms with van der Waals surface area (Å²) in [6, 6.07) is 7.14. The normalized spacial score (nSPS) is 11.2. The highest BCUT2D eigenvalue weighted by Gasteiger charge is 2.27. The van der Waals surface area contributed by atoms with Gasteiger partial charge in [0.15, 0.2) is 5.13 Å². The minimum atomic E-state index is -0.651. The van der Waals surface area contributed by atoms with Gasteiger partial charge in [0.05, 0.1) is 5.69 Å². The van der Waals surface area contributed by atoms with Crippen LogP contribution in [-0.4, -0.2) is 48.1 Å². The number of hydrogen-bond donors (Lipinski definition) is 0. The molecular formula is C20H27N3O3S. The Morgan fingerprint density at radius 3 is 2.26 bits per heavy atom. The Hall–Kier alpha value is -2.41. The summed E-state index contributed by atoms with van der Waals surface area (Å²) >= 11 is 1.56. The summed E-state index contributed by atoms with van der Waals surface area (Å²) in [5, 5.41) is 2.90. The summed E-state index contributed by atoms with van der Waals surface area (Å²) in [7, 11) is 3.90. The first-order chi connectivity index (χ1) is 12.6. The third kappa shape index (κ3) is 5.53. The number of thiazole rings is 1. The van der Waals surface area contributed by atoms with E-state index in [-0.39, 0.29) is 5.91 Å². The van der Waals surface area contributed by atoms with Crippen LogP contribution in [-0.2, 0) is 4.74 Å². The number of aromatic nitrogens is 1. The van der Waals surface area contributed by atoms with E-state index in [2.05, 4.69) is 4.98 Å². The Morgan fingerprint density at radius 1 is 1.15 bits per heavy atom. The molecule has 0 aliphatic heterocycles. The van der Waals surface area contributed by atoms with Gasteiger partial charge in [-0.3, -0.25) is 4.79 Å². The first kappa shape index (κ1) is 20.9. The van der Waals surface area contributed by atoms with Crippen molar-refractivity contribution in [2.24, 2.45) is 0 Å². The molecule has 1 aromatic heterocycles. The SMILES string of the molecule is CCCN(C(=O)OC(C)(C)C)C(=O)c1ccc(-c2csc(N(C)C)n2)cc1. The number of imide groups is 1. The fourth-order valence-corrected chi connectivity index (χ4v) is 3.13. The summed E-state index contributed by atoms with van der Waals surface area (Å²) in [6.45, 7) is 7.57. The number of ether oxygens (including phenoxy) is 1. The molecule has 0 saturated heterocycles. The molecule has 0 radical (unpaired) electrons. The molecule has 7 heteroatoms. The molecular weight excluding hydrogens is 362 g/mol. The Kier molecular flexibility index (Phi) is 6.59. The number of amides is 2. The molecule has 2 amide bonds. The molecule has 1 heterocycles. The van der Waals surface area contributed by atoms with Crippen LogP contribution in [0.2, 0.25) is 0 Å². The first-order valence-corrected chi connectivity index (χ1v) is 9.78. The Bertz CT molecular complexity index is 792. The van der Waals surface area contributed by atoms with Gasteiger partial charge in [-0.2, -0.15) is 0 Å². The van der Waals surface area contributed by atoms with E-state index in [0.29, 0.717) is 18.5 Å². The van der Waals surface area contributed by atoms with E-state index in [1.165, 1.54) is 0 Å². The van der Waals surface area contributed by atoms with Gasteiger partial charge in [0.2, 0.25) is 0 Å². The van der Waals surface area contributed by atoms with Crippen LogP contribution >= 0.6 is 11.3 Å². The maximum atomic E-state index is 12.8. The predicted octanol–water partition coefficient (Wildman–Crippen LogP) is 4.66. The van der Waals surface area contributed by atoms with Crippen molar-refractivity contribution < 1.29 is 14.3 Å². The molecule has 27 heavy (non-hydrogen) atoms. The van der Waals surface area contributed by atoms with Gasteiger partial charge >= 0.3 is 6.09 Å². The standard InChI is InChI=1S/C20H27N3O3S/c1-7-12-23(19(25)26-20(2,3)4)17(24)15-10-8-14(9-11-15)16-13-27-18(21-16)22(5)6/h8-11,13H,7,12H2,1-6H3. The van der Waals surface area contributed by atoms with Gasteiger partial charge < -0.3 is 9.64 Å². The number of nitrogens with zero attached hydrogens (tertiary/aromatic N) is 3. The van der Waals surface area contributed by atoms with E-state index in [4.69, 9.17) is 4.74 Å². The van der Waals surface area contributed by atoms with Crippen LogP contribution in [0.25, 0.3) is 11.3 Å². The van der Waals surface area contributed by atoms with Crippen LogP contribution in [0.4, 0.5) is 9.93 Å². The lowest BCUT2D eigenvalue weighted by Gasteiger charge is -2.26. The minimum Gasteiger partial charge on any atom is -0.443 e. The molecule has 0 atom stereocenters. The average molecular weight is 390 g/mol. The molecule has 0 spiro atoms. The molecule has 146 valence electrons. The van der Waals surface area contributed by atoms with Crippen molar-refractivity contribution in [1.82, 2.24) is 9.88 Å². The first-order valence-electron chi connectivity index (χ1n) is 8.90. The van der Waals surface area contributed by atoms with Crippen molar-refractivity contribution in [1.29, 1.82) is 0 Å². The molecule has 0 aliphatic carbocycles. The Morgan fingerprint density at radius 2 is 1.78 bits per heavy atom. The van der Waals surface area contributed by atoms with Gasteiger partial charge in [0, 0.05) is 37.1 Å². The highest BCUT2D eigenvalue weighted by Crippen LogP contribution is 2.26. The second kappa shape index (κ2) is 8.52. The fraction of sp³-hybridized carbons (Fsp3) is 0.450. The van der Waals surface area contributed by atoms with Gasteiger partial charge in [0.25, 0.3) is 5.91 Å². The summed E-state index contributed by atoms with van der Waals surface area (Å²) in [5.41, 5.74) is 1.58. The third-order valence-electron chi connectivity index (χ3n) is 3.61. The Labute approximate surface area is 164 Å². The zero-order valence-corrected chi connectivity index (χ0v) is 17.6. The summed E-state index contributed by atoms with van der Waals surface area (Å²) in [6.07, 6.45) is 0.0448. The molecule has 0 aliphatic rings. The number of carbonyl (C=O) groups is 2. The molecule has 2 aromatic rings. The molecule has 0 N–H and O–H groups in total. The molecule has 2 rings (SSSR count). The van der Waals surface area contributed by atoms with Crippen molar-refractivity contribution in [2.75, 3.05) is 25.5 Å². The van der Waals surface area contributed by atoms with E-state index in [0.717, 1.165) is 21.3 Å². The van der Waals surface area contributed by atoms with Gasteiger partial charge in [-0.25, -0.2) is 14.7 Å². The number of benzene rings is 1. The van der Waals surface area contributed by atoms with Gasteiger partial charge in [0.1, 0.15) is 5.60 Å². The van der Waals surface area contributed by atoms with Crippen molar-refractivity contribution in [3.05, 3.63) is 35.2 Å². The van der Waals surface area contributed by atoms with Crippen LogP contribution < -0.4 is 4.90 Å². The van der Waals surface area contributed by atoms with Gasteiger partial charge in [-0.15, -0.1) is 11.3 Å². The maximum absolute atomic E-state index is 12.8. The third-order valence-corrected chi connectivity index (χ3v) is 4.62. The van der Waals surface area contributed by atoms with Crippen LogP contribution in [0.15, 0.2) is 29.6 Å². The lowest BCUT2D eigenvalue weighted by atomic mass is 10.1. The molecule has 0 fully saturated rings. The summed E-state index contributed by atoms with van der Waals surface area (Å²) in [5.74, 6) is -0.357. The number of carbonyl (C=O) groups excluding carboxylic acids is 2. The number of rotatable bonds is 5. The van der Waals surface area contributed by atoms with E-state index in [1.807, 2.05) is 43.4 Å². The van der Waals surface area contributed by atoms with Crippen LogP contribution in [0.1, 0.15) is 44.5 Å². The summed E-state index contributed by atoms with van der Waals surface area (Å²) in [4.78, 5) is 32.9. The monoisotopic (exact) mass is 389 g/mol. The van der Waals surface area contributed by atoms with Crippen molar-refractivity contribution in [3.8, 4) is 11.3 Å². The van der Waals surface area contributed by atoms with Gasteiger partial charge in [-0.05, 0) is 39.3 Å². The number of hydrogen-bond acceptors (Lipinski definition) is 6. The Balaban J connectivity index is 2.19. The summed E-state index contributed by atoms with van der Waals surface area (Å²) < 4.78 is 5.37. The van der Waals surface area contributed by atoms with E-state index < -0.39 is 11.7 Å². The van der Waals surface area contributed by atoms with Crippen LogP contribution in [0, 0.1) is 0 Å². The lowest BCUT2D eigenvalue weighted by Crippen LogP contribution is -2.41. The van der Waals surface area contributed by atoms with E-state index in [1.54, 1.807) is 44.2 Å². The molecule has 0 saturated carbocycles. The molecule has 6 nitrogen and oxygen atoms in total. The highest BCUT2D eigenvalue weighted by atomic mass is 32.1. The zero-order valence-electron chi connectivity index (χ0n) is 16.8. The van der Waals surface area contributed by atoms with E-state index >= 15 is 0 Å². The largest absolute Gasteiger partial charge is 0.443 e. The second-order valence-corrected chi connectivity index (χ2v) is 8.26. The predicted molar refractivity (Wildman–Crippen MR) is 109 cm³/mol. The number of anilines is 1. The van der Waals surface area contributed by atoms with Gasteiger partial charge in [-0.1, -0.05) is 19.1 Å². The maximum Gasteiger partial charge on any atom is 0.417 e. The van der Waals surface area contributed by atoms with Crippen LogP contribution in [0.3, 0.4) is 0 Å². The highest BCUT2D eigenvalue weighted by molar-refractivity contribution is 7.14. The zero-order chi connectivity index (χ0) is 20.2. The average Bonchev–Trinajstić information content (AvgIpc) is 3.08. The smallest absolute Gasteiger partial charge is 0.417 e. The van der Waals surface area contributed by atoms with Crippen molar-refractivity contribution in [2.45, 2.75) is 39.7 Å². The fourth-order valence-electron chi connectivity index (χ4n) is 2.36. The van der Waals surface area contributed by atoms with E-state index in [9.17, 15) is 9.59 Å². The second-order valence-electron chi connectivity index (χ2n) is 7.42. The van der Waals surface area contributed by atoms with Crippen LogP contribution in [0.5, 0.6) is 0 Å². The lowest BCUT2D eigenvalue weighted by molar-refractivity contribution is 0.0241.